The number of carbonyl (C=O) groups excluding carboxylic acids is 1. The smallest absolute Gasteiger partial charge is 0.434 e. The Morgan fingerprint density at radius 3 is 1.92 bits per heavy atom. The highest BCUT2D eigenvalue weighted by Gasteiger charge is 2.16. The van der Waals surface area contributed by atoms with Crippen LogP contribution in [0.25, 0.3) is 0 Å². The van der Waals surface area contributed by atoms with Gasteiger partial charge < -0.3 is 9.47 Å². The zero-order valence-corrected chi connectivity index (χ0v) is 17.5. The minimum Gasteiger partial charge on any atom is -0.434 e. The van der Waals surface area contributed by atoms with E-state index < -0.39 is 11.8 Å². The van der Waals surface area contributed by atoms with Crippen LogP contribution >= 0.6 is 0 Å². The largest absolute Gasteiger partial charge is 0.508 e. The molecule has 0 saturated heterocycles. The van der Waals surface area contributed by atoms with Gasteiger partial charge in [-0.15, -0.1) is 0 Å². The molecule has 0 saturated carbocycles. The molecule has 0 spiro atoms. The summed E-state index contributed by atoms with van der Waals surface area (Å²) in [7, 11) is 0. The molecule has 3 nitrogen and oxygen atoms in total. The molecule has 0 atom stereocenters. The molecule has 150 valence electrons. The van der Waals surface area contributed by atoms with Crippen molar-refractivity contribution >= 4 is 6.16 Å². The van der Waals surface area contributed by atoms with Gasteiger partial charge in [0.25, 0.3) is 0 Å². The van der Waals surface area contributed by atoms with Crippen molar-refractivity contribution in [2.24, 2.45) is 0 Å². The molecule has 0 heterocycles. The molecular weight excluding hydrogens is 324 g/mol. The first-order valence-corrected chi connectivity index (χ1v) is 10.3. The Morgan fingerprint density at radius 1 is 0.769 bits per heavy atom. The van der Waals surface area contributed by atoms with Crippen LogP contribution in [0.3, 0.4) is 0 Å². The van der Waals surface area contributed by atoms with Crippen molar-refractivity contribution in [1.82, 2.24) is 0 Å². The van der Waals surface area contributed by atoms with Gasteiger partial charge in [-0.25, -0.2) is 4.79 Å². The van der Waals surface area contributed by atoms with E-state index in [2.05, 4.69) is 43.4 Å². The van der Waals surface area contributed by atoms with Crippen molar-refractivity contribution in [2.45, 2.75) is 97.5 Å². The molecule has 0 bridgehead atoms. The predicted molar refractivity (Wildman–Crippen MR) is 111 cm³/mol. The number of hydrogen-bond acceptors (Lipinski definition) is 3. The summed E-state index contributed by atoms with van der Waals surface area (Å²) in [5.74, 6) is 0. The van der Waals surface area contributed by atoms with Crippen molar-refractivity contribution in [3.63, 3.8) is 0 Å². The van der Waals surface area contributed by atoms with Gasteiger partial charge in [-0.05, 0) is 59.3 Å². The first-order valence-electron chi connectivity index (χ1n) is 10.3. The van der Waals surface area contributed by atoms with Gasteiger partial charge in [0, 0.05) is 0 Å². The molecular formula is C23H40O3. The molecule has 26 heavy (non-hydrogen) atoms. The van der Waals surface area contributed by atoms with E-state index in [1.54, 1.807) is 0 Å². The predicted octanol–water partition coefficient (Wildman–Crippen LogP) is 7.53. The van der Waals surface area contributed by atoms with Crippen LogP contribution < -0.4 is 0 Å². The Kier molecular flexibility index (Phi) is 15.9. The molecule has 0 radical (unpaired) electrons. The third-order valence-electron chi connectivity index (χ3n) is 3.65. The maximum Gasteiger partial charge on any atom is 0.508 e. The first-order chi connectivity index (χ1) is 12.5. The fourth-order valence-corrected chi connectivity index (χ4v) is 2.33. The monoisotopic (exact) mass is 364 g/mol. The highest BCUT2D eigenvalue weighted by Crippen LogP contribution is 2.10. The van der Waals surface area contributed by atoms with Gasteiger partial charge in [0.05, 0.1) is 6.61 Å². The van der Waals surface area contributed by atoms with Crippen LogP contribution in [0, 0.1) is 0 Å². The molecule has 0 aliphatic carbocycles. The van der Waals surface area contributed by atoms with Gasteiger partial charge in [-0.3, -0.25) is 0 Å². The van der Waals surface area contributed by atoms with E-state index in [9.17, 15) is 4.79 Å². The fourth-order valence-electron chi connectivity index (χ4n) is 2.33. The third kappa shape index (κ3) is 20.5. The number of ether oxygens (including phenoxy) is 2. The first kappa shape index (κ1) is 24.5. The van der Waals surface area contributed by atoms with Crippen LogP contribution in [0.4, 0.5) is 4.79 Å². The molecule has 0 N–H and O–H groups in total. The summed E-state index contributed by atoms with van der Waals surface area (Å²) in [5.41, 5.74) is -0.478. The van der Waals surface area contributed by atoms with E-state index >= 15 is 0 Å². The van der Waals surface area contributed by atoms with E-state index in [0.29, 0.717) is 6.61 Å². The number of hydrogen-bond donors (Lipinski definition) is 0. The number of unbranched alkanes of at least 4 members (excludes halogenated alkanes) is 6. The lowest BCUT2D eigenvalue weighted by atomic mass is 10.1. The van der Waals surface area contributed by atoms with Crippen LogP contribution in [0.15, 0.2) is 36.5 Å². The zero-order chi connectivity index (χ0) is 19.5. The Labute approximate surface area is 161 Å². The molecule has 0 fully saturated rings. The van der Waals surface area contributed by atoms with Crippen molar-refractivity contribution in [3.05, 3.63) is 36.5 Å². The summed E-state index contributed by atoms with van der Waals surface area (Å²) in [6, 6.07) is 0. The molecule has 0 rings (SSSR count). The van der Waals surface area contributed by atoms with Crippen LogP contribution in [-0.4, -0.2) is 18.4 Å². The number of rotatable bonds is 14. The molecule has 0 unspecified atom stereocenters. The molecule has 3 heteroatoms. The number of allylic oxidation sites excluding steroid dienone is 6. The molecule has 0 aromatic heterocycles. The van der Waals surface area contributed by atoms with Crippen LogP contribution in [0.5, 0.6) is 0 Å². The highest BCUT2D eigenvalue weighted by atomic mass is 16.7. The topological polar surface area (TPSA) is 35.5 Å². The van der Waals surface area contributed by atoms with E-state index in [1.165, 1.54) is 32.1 Å². The van der Waals surface area contributed by atoms with E-state index in [1.807, 2.05) is 20.8 Å². The SMILES string of the molecule is CCC=CCC=CCC=CCCCCCCCCOC(=O)OC(C)(C)C. The van der Waals surface area contributed by atoms with Gasteiger partial charge in [0.2, 0.25) is 0 Å². The molecule has 0 aromatic rings. The van der Waals surface area contributed by atoms with Gasteiger partial charge in [0.15, 0.2) is 0 Å². The normalized spacial score (nSPS) is 12.5. The standard InChI is InChI=1S/C23H40O3/c1-5-6-7-8-9-10-11-12-13-14-15-16-17-18-19-20-21-25-22(24)26-23(2,3)4/h6-7,9-10,12-13H,5,8,11,14-21H2,1-4H3. The Hall–Kier alpha value is -1.51. The van der Waals surface area contributed by atoms with Gasteiger partial charge in [0.1, 0.15) is 5.60 Å². The second-order valence-electron chi connectivity index (χ2n) is 7.52. The zero-order valence-electron chi connectivity index (χ0n) is 17.5. The minimum atomic E-state index is -0.559. The summed E-state index contributed by atoms with van der Waals surface area (Å²) < 4.78 is 10.1. The Bertz CT molecular complexity index is 414. The highest BCUT2D eigenvalue weighted by molar-refractivity contribution is 5.60. The van der Waals surface area contributed by atoms with E-state index in [0.717, 1.165) is 32.1 Å². The second kappa shape index (κ2) is 16.9. The quantitative estimate of drug-likeness (QED) is 0.181. The lowest BCUT2D eigenvalue weighted by molar-refractivity contribution is -0.00770. The maximum atomic E-state index is 11.4. The van der Waals surface area contributed by atoms with E-state index in [4.69, 9.17) is 9.47 Å². The average molecular weight is 365 g/mol. The van der Waals surface area contributed by atoms with Crippen LogP contribution in [0.2, 0.25) is 0 Å². The second-order valence-corrected chi connectivity index (χ2v) is 7.52. The van der Waals surface area contributed by atoms with Gasteiger partial charge in [-0.2, -0.15) is 0 Å². The van der Waals surface area contributed by atoms with Gasteiger partial charge >= 0.3 is 6.16 Å². The third-order valence-corrected chi connectivity index (χ3v) is 3.65. The van der Waals surface area contributed by atoms with Crippen molar-refractivity contribution < 1.29 is 14.3 Å². The lowest BCUT2D eigenvalue weighted by Crippen LogP contribution is -2.24. The fraction of sp³-hybridized carbons (Fsp3) is 0.696. The van der Waals surface area contributed by atoms with Crippen LogP contribution in [0.1, 0.15) is 91.9 Å². The van der Waals surface area contributed by atoms with Crippen molar-refractivity contribution in [3.8, 4) is 0 Å². The van der Waals surface area contributed by atoms with Crippen LogP contribution in [-0.2, 0) is 9.47 Å². The van der Waals surface area contributed by atoms with Gasteiger partial charge in [-0.1, -0.05) is 69.1 Å². The van der Waals surface area contributed by atoms with Crippen molar-refractivity contribution in [2.75, 3.05) is 6.61 Å². The molecule has 0 aromatic carbocycles. The Balaban J connectivity index is 3.32. The molecule has 0 aliphatic rings. The van der Waals surface area contributed by atoms with E-state index in [-0.39, 0.29) is 0 Å². The lowest BCUT2D eigenvalue weighted by Gasteiger charge is -2.18. The minimum absolute atomic E-state index is 0.458. The Morgan fingerprint density at radius 2 is 1.31 bits per heavy atom. The molecule has 0 amide bonds. The van der Waals surface area contributed by atoms with Crippen molar-refractivity contribution in [1.29, 1.82) is 0 Å². The summed E-state index contributed by atoms with van der Waals surface area (Å²) >= 11 is 0. The summed E-state index contributed by atoms with van der Waals surface area (Å²) in [6.45, 7) is 8.13. The maximum absolute atomic E-state index is 11.4. The summed E-state index contributed by atoms with van der Waals surface area (Å²) in [5, 5.41) is 0. The molecule has 0 aliphatic heterocycles. The number of carbonyl (C=O) groups is 1. The summed E-state index contributed by atoms with van der Waals surface area (Å²) in [4.78, 5) is 11.4. The average Bonchev–Trinajstić information content (AvgIpc) is 2.56. The summed E-state index contributed by atoms with van der Waals surface area (Å²) in [6.07, 6.45) is 24.3.